The second-order valence-corrected chi connectivity index (χ2v) is 7.60. The van der Waals surface area contributed by atoms with Crippen molar-refractivity contribution >= 4 is 29.9 Å². The summed E-state index contributed by atoms with van der Waals surface area (Å²) < 4.78 is 16.4. The fourth-order valence-electron chi connectivity index (χ4n) is 3.95. The Hall–Kier alpha value is -2.20. The number of piperidine rings is 1. The smallest absolute Gasteiger partial charge is 0.203 e. The summed E-state index contributed by atoms with van der Waals surface area (Å²) in [6.45, 7) is 3.73. The van der Waals surface area contributed by atoms with Gasteiger partial charge < -0.3 is 24.8 Å². The average molecular weight is 554 g/mol. The van der Waals surface area contributed by atoms with Crippen LogP contribution in [-0.4, -0.2) is 58.4 Å². The molecule has 8 heteroatoms. The monoisotopic (exact) mass is 554 g/mol. The van der Waals surface area contributed by atoms with Crippen LogP contribution in [0.5, 0.6) is 17.2 Å². The van der Waals surface area contributed by atoms with Crippen molar-refractivity contribution in [3.8, 4) is 17.2 Å². The van der Waals surface area contributed by atoms with E-state index in [1.807, 2.05) is 12.1 Å². The highest BCUT2D eigenvalue weighted by molar-refractivity contribution is 14.0. The SMILES string of the molecule is CN=C(NCc1ccc(OC)c(OC)c1OC)NC1CCN(Cc2ccccc2)CC1.I. The number of hydrogen-bond acceptors (Lipinski definition) is 5. The molecule has 0 bridgehead atoms. The van der Waals surface area contributed by atoms with Crippen LogP contribution in [-0.2, 0) is 13.1 Å². The standard InChI is InChI=1S/C24H34N4O3.HI/c1-25-24(26-16-19-10-11-21(29-2)23(31-4)22(19)30-3)27-20-12-14-28(15-13-20)17-18-8-6-5-7-9-18;/h5-11,20H,12-17H2,1-4H3,(H2,25,26,27);1H. The van der Waals surface area contributed by atoms with Gasteiger partial charge in [0, 0.05) is 44.8 Å². The van der Waals surface area contributed by atoms with E-state index < -0.39 is 0 Å². The summed E-state index contributed by atoms with van der Waals surface area (Å²) in [5.74, 6) is 2.70. The Morgan fingerprint density at radius 3 is 2.25 bits per heavy atom. The first-order chi connectivity index (χ1) is 15.2. The molecule has 0 aliphatic carbocycles. The van der Waals surface area contributed by atoms with Crippen molar-refractivity contribution in [1.29, 1.82) is 0 Å². The van der Waals surface area contributed by atoms with Crippen LogP contribution >= 0.6 is 24.0 Å². The first-order valence-corrected chi connectivity index (χ1v) is 10.7. The molecule has 2 aromatic carbocycles. The lowest BCUT2D eigenvalue weighted by Crippen LogP contribution is -2.48. The number of benzene rings is 2. The van der Waals surface area contributed by atoms with Crippen LogP contribution in [0.1, 0.15) is 24.0 Å². The van der Waals surface area contributed by atoms with Crippen molar-refractivity contribution in [1.82, 2.24) is 15.5 Å². The van der Waals surface area contributed by atoms with Crippen LogP contribution in [0, 0.1) is 0 Å². The molecule has 3 rings (SSSR count). The van der Waals surface area contributed by atoms with Gasteiger partial charge in [0.15, 0.2) is 17.5 Å². The van der Waals surface area contributed by atoms with Gasteiger partial charge in [-0.3, -0.25) is 9.89 Å². The van der Waals surface area contributed by atoms with Crippen molar-refractivity contribution < 1.29 is 14.2 Å². The highest BCUT2D eigenvalue weighted by Gasteiger charge is 2.21. The minimum atomic E-state index is 0. The molecule has 0 spiro atoms. The van der Waals surface area contributed by atoms with E-state index in [4.69, 9.17) is 14.2 Å². The van der Waals surface area contributed by atoms with E-state index in [0.29, 0.717) is 29.8 Å². The zero-order valence-corrected chi connectivity index (χ0v) is 21.7. The Bertz CT molecular complexity index is 856. The van der Waals surface area contributed by atoms with Gasteiger partial charge in [-0.2, -0.15) is 0 Å². The van der Waals surface area contributed by atoms with E-state index in [1.165, 1.54) is 5.56 Å². The quantitative estimate of drug-likeness (QED) is 0.295. The third-order valence-electron chi connectivity index (χ3n) is 5.63. The van der Waals surface area contributed by atoms with E-state index >= 15 is 0 Å². The number of nitrogens with zero attached hydrogens (tertiary/aromatic N) is 2. The molecule has 1 aliphatic heterocycles. The number of likely N-dealkylation sites (tertiary alicyclic amines) is 1. The largest absolute Gasteiger partial charge is 0.493 e. The zero-order chi connectivity index (χ0) is 22.1. The fourth-order valence-corrected chi connectivity index (χ4v) is 3.95. The van der Waals surface area contributed by atoms with Crippen LogP contribution in [0.15, 0.2) is 47.5 Å². The van der Waals surface area contributed by atoms with E-state index in [9.17, 15) is 0 Å². The molecule has 1 saturated heterocycles. The van der Waals surface area contributed by atoms with Gasteiger partial charge in [0.2, 0.25) is 5.75 Å². The van der Waals surface area contributed by atoms with Gasteiger partial charge in [-0.1, -0.05) is 30.3 Å². The molecule has 0 atom stereocenters. The predicted molar refractivity (Wildman–Crippen MR) is 140 cm³/mol. The number of aliphatic imine (C=N–C) groups is 1. The van der Waals surface area contributed by atoms with Crippen LogP contribution in [0.3, 0.4) is 0 Å². The number of ether oxygens (including phenoxy) is 3. The number of nitrogens with one attached hydrogen (secondary N) is 2. The van der Waals surface area contributed by atoms with Gasteiger partial charge in [0.05, 0.1) is 21.3 Å². The summed E-state index contributed by atoms with van der Waals surface area (Å²) in [4.78, 5) is 6.91. The Morgan fingerprint density at radius 1 is 0.969 bits per heavy atom. The molecule has 0 amide bonds. The number of hydrogen-bond donors (Lipinski definition) is 2. The molecule has 7 nitrogen and oxygen atoms in total. The van der Waals surface area contributed by atoms with Gasteiger partial charge in [-0.25, -0.2) is 0 Å². The fraction of sp³-hybridized carbons (Fsp3) is 0.458. The van der Waals surface area contributed by atoms with Gasteiger partial charge >= 0.3 is 0 Å². The van der Waals surface area contributed by atoms with E-state index in [0.717, 1.165) is 44.0 Å². The molecule has 0 saturated carbocycles. The van der Waals surface area contributed by atoms with Crippen LogP contribution < -0.4 is 24.8 Å². The molecule has 1 heterocycles. The van der Waals surface area contributed by atoms with E-state index in [-0.39, 0.29) is 24.0 Å². The topological polar surface area (TPSA) is 67.4 Å². The normalized spacial score (nSPS) is 14.9. The molecule has 2 aromatic rings. The predicted octanol–water partition coefficient (Wildman–Crippen LogP) is 3.66. The van der Waals surface area contributed by atoms with E-state index in [2.05, 4.69) is 50.9 Å². The molecular weight excluding hydrogens is 519 g/mol. The lowest BCUT2D eigenvalue weighted by Gasteiger charge is -2.33. The molecular formula is C24H35IN4O3. The maximum absolute atomic E-state index is 5.58. The molecule has 1 fully saturated rings. The van der Waals surface area contributed by atoms with Crippen LogP contribution in [0.2, 0.25) is 0 Å². The van der Waals surface area contributed by atoms with Crippen molar-refractivity contribution in [3.63, 3.8) is 0 Å². The third kappa shape index (κ3) is 6.90. The second kappa shape index (κ2) is 13.4. The van der Waals surface area contributed by atoms with Crippen molar-refractivity contribution in [3.05, 3.63) is 53.6 Å². The number of guanidine groups is 1. The third-order valence-corrected chi connectivity index (χ3v) is 5.63. The Labute approximate surface area is 208 Å². The summed E-state index contributed by atoms with van der Waals surface area (Å²) in [7, 11) is 6.66. The first-order valence-electron chi connectivity index (χ1n) is 10.7. The minimum absolute atomic E-state index is 0. The van der Waals surface area contributed by atoms with Crippen LogP contribution in [0.4, 0.5) is 0 Å². The molecule has 176 valence electrons. The van der Waals surface area contributed by atoms with E-state index in [1.54, 1.807) is 28.4 Å². The maximum Gasteiger partial charge on any atom is 0.203 e. The van der Waals surface area contributed by atoms with Crippen molar-refractivity contribution in [2.45, 2.75) is 32.0 Å². The Kier molecular flexibility index (Phi) is 10.9. The average Bonchev–Trinajstić information content (AvgIpc) is 2.82. The Morgan fingerprint density at radius 2 is 1.66 bits per heavy atom. The van der Waals surface area contributed by atoms with Crippen LogP contribution in [0.25, 0.3) is 0 Å². The van der Waals surface area contributed by atoms with Gasteiger partial charge in [0.1, 0.15) is 0 Å². The Balaban J connectivity index is 0.00000363. The van der Waals surface area contributed by atoms with Crippen molar-refractivity contribution in [2.24, 2.45) is 4.99 Å². The summed E-state index contributed by atoms with van der Waals surface area (Å²) in [6.07, 6.45) is 2.18. The zero-order valence-electron chi connectivity index (χ0n) is 19.4. The highest BCUT2D eigenvalue weighted by Crippen LogP contribution is 2.39. The lowest BCUT2D eigenvalue weighted by molar-refractivity contribution is 0.198. The number of halogens is 1. The first kappa shape index (κ1) is 26.1. The van der Waals surface area contributed by atoms with Gasteiger partial charge in [0.25, 0.3) is 0 Å². The molecule has 1 aliphatic rings. The second-order valence-electron chi connectivity index (χ2n) is 7.60. The van der Waals surface area contributed by atoms with Crippen molar-refractivity contribution in [2.75, 3.05) is 41.5 Å². The summed E-state index contributed by atoms with van der Waals surface area (Å²) in [6, 6.07) is 14.9. The molecule has 0 radical (unpaired) electrons. The molecule has 0 aromatic heterocycles. The van der Waals surface area contributed by atoms with Gasteiger partial charge in [-0.05, 0) is 30.5 Å². The highest BCUT2D eigenvalue weighted by atomic mass is 127. The lowest BCUT2D eigenvalue weighted by atomic mass is 10.0. The summed E-state index contributed by atoms with van der Waals surface area (Å²) >= 11 is 0. The minimum Gasteiger partial charge on any atom is -0.493 e. The molecule has 2 N–H and O–H groups in total. The molecule has 0 unspecified atom stereocenters. The number of methoxy groups -OCH3 is 3. The molecule has 32 heavy (non-hydrogen) atoms. The summed E-state index contributed by atoms with van der Waals surface area (Å²) in [5.41, 5.74) is 2.34. The maximum atomic E-state index is 5.58. The summed E-state index contributed by atoms with van der Waals surface area (Å²) in [5, 5.41) is 6.96. The van der Waals surface area contributed by atoms with Gasteiger partial charge in [-0.15, -0.1) is 24.0 Å². The number of rotatable bonds is 8.